The van der Waals surface area contributed by atoms with Gasteiger partial charge in [-0.25, -0.2) is 18.5 Å². The third kappa shape index (κ3) is 23.4. The van der Waals surface area contributed by atoms with Crippen LogP contribution in [0.3, 0.4) is 0 Å². The van der Waals surface area contributed by atoms with Gasteiger partial charge in [0.25, 0.3) is 5.56 Å². The number of nitrogens with one attached hydrogen (secondary N) is 1. The molecule has 18 nitrogen and oxygen atoms in total. The standard InChI is InChI=1S/C9H11FN2O4.3H3O4P/c10-6-3-12(9(15)11-8(6)14)7-2-1-5(4-13)16-7;3*1-5(2,3)4/h3,5,7,13H,1-2,4H2,(H,11,14,15);3*(H3,1,2,3,4)/t5-,7+;;;/m0.../s1. The monoisotopic (exact) mass is 524 g/mol. The molecule has 2 rings (SSSR count). The number of halogens is 1. The van der Waals surface area contributed by atoms with Gasteiger partial charge in [0.15, 0.2) is 0 Å². The molecule has 1 aliphatic heterocycles. The predicted octanol–water partition coefficient (Wildman–Crippen LogP) is -3.44. The smallest absolute Gasteiger partial charge is 0.394 e. The van der Waals surface area contributed by atoms with E-state index in [1.54, 1.807) is 0 Å². The molecule has 0 spiro atoms. The molecule has 11 N–H and O–H groups in total. The highest BCUT2D eigenvalue weighted by atomic mass is 31.2. The summed E-state index contributed by atoms with van der Waals surface area (Å²) in [4.78, 5) is 88.7. The van der Waals surface area contributed by atoms with Crippen LogP contribution in [0, 0.1) is 5.82 Å². The van der Waals surface area contributed by atoms with Crippen molar-refractivity contribution in [3.8, 4) is 0 Å². The topological polar surface area (TPSA) is 318 Å². The number of rotatable bonds is 2. The molecule has 0 amide bonds. The summed E-state index contributed by atoms with van der Waals surface area (Å²) in [6.45, 7) is -0.142. The molecule has 0 unspecified atom stereocenters. The molecule has 1 saturated heterocycles. The SMILES string of the molecule is O=P(O)(O)O.O=P(O)(O)O.O=P(O)(O)O.O=c1[nH]c(=O)n([C@H]2CC[C@@H](CO)O2)cc1F. The van der Waals surface area contributed by atoms with E-state index < -0.39 is 46.8 Å². The zero-order chi connectivity index (χ0) is 25.2. The fourth-order valence-corrected chi connectivity index (χ4v) is 1.70. The van der Waals surface area contributed by atoms with E-state index in [1.165, 1.54) is 0 Å². The van der Waals surface area contributed by atoms with E-state index in [0.717, 1.165) is 10.8 Å². The normalized spacial score (nSPS) is 18.5. The zero-order valence-electron chi connectivity index (χ0n) is 14.9. The van der Waals surface area contributed by atoms with E-state index in [4.69, 9.17) is 67.6 Å². The van der Waals surface area contributed by atoms with Gasteiger partial charge in [0.1, 0.15) is 6.23 Å². The highest BCUT2D eigenvalue weighted by molar-refractivity contribution is 7.45. The summed E-state index contributed by atoms with van der Waals surface area (Å²) in [5.41, 5.74) is -1.76. The summed E-state index contributed by atoms with van der Waals surface area (Å²) >= 11 is 0. The summed E-state index contributed by atoms with van der Waals surface area (Å²) < 4.78 is 45.9. The summed E-state index contributed by atoms with van der Waals surface area (Å²) in [6, 6.07) is 0. The van der Waals surface area contributed by atoms with Crippen LogP contribution < -0.4 is 11.2 Å². The van der Waals surface area contributed by atoms with E-state index in [1.807, 2.05) is 4.98 Å². The number of nitrogens with zero attached hydrogens (tertiary/aromatic N) is 1. The van der Waals surface area contributed by atoms with Gasteiger partial charge in [-0.3, -0.25) is 14.3 Å². The minimum absolute atomic E-state index is 0.142. The molecular formula is C9H20FN2O16P3. The number of hydrogen-bond acceptors (Lipinski definition) is 7. The molecule has 0 saturated carbocycles. The van der Waals surface area contributed by atoms with Crippen molar-refractivity contribution in [3.05, 3.63) is 32.9 Å². The lowest BCUT2D eigenvalue weighted by Crippen LogP contribution is -2.34. The first kappa shape index (κ1) is 32.0. The summed E-state index contributed by atoms with van der Waals surface area (Å²) in [6.07, 6.45) is 0.944. The summed E-state index contributed by atoms with van der Waals surface area (Å²) in [7, 11) is -13.9. The number of hydrogen-bond donors (Lipinski definition) is 11. The van der Waals surface area contributed by atoms with E-state index in [2.05, 4.69) is 0 Å². The molecule has 1 fully saturated rings. The second-order valence-corrected chi connectivity index (χ2v) is 8.24. The van der Waals surface area contributed by atoms with E-state index in [-0.39, 0.29) is 12.7 Å². The Hall–Kier alpha value is -1.14. The van der Waals surface area contributed by atoms with E-state index in [0.29, 0.717) is 12.8 Å². The third-order valence-corrected chi connectivity index (χ3v) is 2.52. The number of aliphatic hydroxyl groups is 1. The predicted molar refractivity (Wildman–Crippen MR) is 94.3 cm³/mol. The molecule has 0 aliphatic carbocycles. The Morgan fingerprint density at radius 2 is 1.32 bits per heavy atom. The van der Waals surface area contributed by atoms with Gasteiger partial charge in [0.2, 0.25) is 5.82 Å². The molecule has 0 bridgehead atoms. The van der Waals surface area contributed by atoms with Gasteiger partial charge in [-0.1, -0.05) is 0 Å². The van der Waals surface area contributed by atoms with Gasteiger partial charge in [0, 0.05) is 0 Å². The second kappa shape index (κ2) is 13.4. The first-order valence-corrected chi connectivity index (χ1v) is 11.9. The highest BCUT2D eigenvalue weighted by Gasteiger charge is 2.27. The van der Waals surface area contributed by atoms with Crippen LogP contribution >= 0.6 is 23.5 Å². The van der Waals surface area contributed by atoms with Gasteiger partial charge in [-0.05, 0) is 12.8 Å². The van der Waals surface area contributed by atoms with Crippen LogP contribution in [0.4, 0.5) is 4.39 Å². The number of aromatic amines is 1. The van der Waals surface area contributed by atoms with Crippen molar-refractivity contribution in [2.24, 2.45) is 0 Å². The average Bonchev–Trinajstić information content (AvgIpc) is 2.94. The molecule has 1 aliphatic rings. The maximum atomic E-state index is 13.0. The highest BCUT2D eigenvalue weighted by Crippen LogP contribution is 2.27. The van der Waals surface area contributed by atoms with Crippen molar-refractivity contribution in [3.63, 3.8) is 0 Å². The van der Waals surface area contributed by atoms with E-state index in [9.17, 15) is 14.0 Å². The first-order valence-electron chi connectivity index (χ1n) is 7.24. The summed E-state index contributed by atoms with van der Waals surface area (Å²) in [5.74, 6) is -1.03. The van der Waals surface area contributed by atoms with Crippen LogP contribution in [-0.4, -0.2) is 71.4 Å². The van der Waals surface area contributed by atoms with Crippen molar-refractivity contribution >= 4 is 23.5 Å². The molecule has 184 valence electrons. The Bertz CT molecular complexity index is 857. The fraction of sp³-hybridized carbons (Fsp3) is 0.556. The molecule has 0 radical (unpaired) electrons. The lowest BCUT2D eigenvalue weighted by Gasteiger charge is -2.14. The number of ether oxygens (including phenoxy) is 1. The van der Waals surface area contributed by atoms with Gasteiger partial charge in [0.05, 0.1) is 18.9 Å². The molecule has 2 atom stereocenters. The first-order chi connectivity index (χ1) is 13.6. The van der Waals surface area contributed by atoms with Crippen molar-refractivity contribution < 1.29 is 72.0 Å². The molecule has 2 heterocycles. The Morgan fingerprint density at radius 3 is 1.65 bits per heavy atom. The van der Waals surface area contributed by atoms with Crippen LogP contribution in [0.1, 0.15) is 19.1 Å². The number of phosphoric acid groups is 3. The Labute approximate surface area is 170 Å². The fourth-order valence-electron chi connectivity index (χ4n) is 1.70. The maximum absolute atomic E-state index is 13.0. The molecule has 22 heteroatoms. The minimum atomic E-state index is -4.64. The van der Waals surface area contributed by atoms with Crippen LogP contribution in [0.5, 0.6) is 0 Å². The molecule has 1 aromatic heterocycles. The lowest BCUT2D eigenvalue weighted by atomic mass is 10.2. The quantitative estimate of drug-likeness (QED) is 0.168. The van der Waals surface area contributed by atoms with Crippen molar-refractivity contribution in [2.75, 3.05) is 6.61 Å². The van der Waals surface area contributed by atoms with Crippen LogP contribution in [0.25, 0.3) is 0 Å². The van der Waals surface area contributed by atoms with E-state index >= 15 is 0 Å². The largest absolute Gasteiger partial charge is 0.466 e. The average molecular weight is 524 g/mol. The van der Waals surface area contributed by atoms with Gasteiger partial charge < -0.3 is 53.9 Å². The van der Waals surface area contributed by atoms with Crippen LogP contribution in [0.15, 0.2) is 15.8 Å². The molecule has 1 aromatic rings. The van der Waals surface area contributed by atoms with Crippen molar-refractivity contribution in [1.29, 1.82) is 0 Å². The Kier molecular flexibility index (Phi) is 13.9. The van der Waals surface area contributed by atoms with Crippen molar-refractivity contribution in [2.45, 2.75) is 25.2 Å². The molecule has 0 aromatic carbocycles. The Morgan fingerprint density at radius 1 is 0.935 bits per heavy atom. The number of aromatic nitrogens is 2. The number of H-pyrrole nitrogens is 1. The Balaban J connectivity index is 0. The van der Waals surface area contributed by atoms with Crippen molar-refractivity contribution in [1.82, 2.24) is 9.55 Å². The third-order valence-electron chi connectivity index (χ3n) is 2.52. The molecule has 31 heavy (non-hydrogen) atoms. The van der Waals surface area contributed by atoms with Gasteiger partial charge in [-0.2, -0.15) is 4.39 Å². The van der Waals surface area contributed by atoms with Crippen LogP contribution in [-0.2, 0) is 18.4 Å². The maximum Gasteiger partial charge on any atom is 0.466 e. The van der Waals surface area contributed by atoms with Crippen LogP contribution in [0.2, 0.25) is 0 Å². The summed E-state index contributed by atoms with van der Waals surface area (Å²) in [5, 5.41) is 8.85. The molecular weight excluding hydrogens is 504 g/mol. The second-order valence-electron chi connectivity index (χ2n) is 5.16. The van der Waals surface area contributed by atoms with Gasteiger partial charge in [-0.15, -0.1) is 0 Å². The van der Waals surface area contributed by atoms with Gasteiger partial charge >= 0.3 is 29.2 Å². The lowest BCUT2D eigenvalue weighted by molar-refractivity contribution is -0.0250. The zero-order valence-corrected chi connectivity index (χ0v) is 17.6. The number of aliphatic hydroxyl groups excluding tert-OH is 1. The minimum Gasteiger partial charge on any atom is -0.394 e.